The van der Waals surface area contributed by atoms with Crippen molar-refractivity contribution >= 4 is 6.03 Å². The van der Waals surface area contributed by atoms with Crippen LogP contribution in [0.5, 0.6) is 0 Å². The summed E-state index contributed by atoms with van der Waals surface area (Å²) in [6.07, 6.45) is 5.07. The zero-order chi connectivity index (χ0) is 17.7. The number of urea groups is 1. The van der Waals surface area contributed by atoms with Crippen LogP contribution in [0, 0.1) is 11.3 Å². The maximum Gasteiger partial charge on any atom is 0.315 e. The summed E-state index contributed by atoms with van der Waals surface area (Å²) in [7, 11) is 0. The molecule has 0 radical (unpaired) electrons. The molecule has 2 amide bonds. The van der Waals surface area contributed by atoms with Crippen LogP contribution in [0.3, 0.4) is 0 Å². The van der Waals surface area contributed by atoms with Gasteiger partial charge in [-0.2, -0.15) is 0 Å². The van der Waals surface area contributed by atoms with E-state index in [4.69, 9.17) is 4.74 Å². The molecular weight excluding hydrogens is 316 g/mol. The lowest BCUT2D eigenvalue weighted by atomic mass is 9.86. The lowest BCUT2D eigenvalue weighted by Crippen LogP contribution is -2.49. The molecule has 1 heterocycles. The van der Waals surface area contributed by atoms with Gasteiger partial charge in [0.1, 0.15) is 0 Å². The molecule has 3 rings (SSSR count). The van der Waals surface area contributed by atoms with Crippen molar-refractivity contribution < 1.29 is 14.6 Å². The molecule has 4 unspecified atom stereocenters. The molecule has 1 saturated heterocycles. The molecule has 1 saturated carbocycles. The topological polar surface area (TPSA) is 70.6 Å². The summed E-state index contributed by atoms with van der Waals surface area (Å²) < 4.78 is 5.99. The molecule has 1 aromatic rings. The van der Waals surface area contributed by atoms with E-state index in [2.05, 4.69) is 22.8 Å². The Hall–Kier alpha value is -1.59. The van der Waals surface area contributed by atoms with Gasteiger partial charge in [0.05, 0.1) is 12.7 Å². The Balaban J connectivity index is 1.53. The largest absolute Gasteiger partial charge is 0.396 e. The second-order valence-corrected chi connectivity index (χ2v) is 7.72. The van der Waals surface area contributed by atoms with Crippen LogP contribution in [-0.4, -0.2) is 36.9 Å². The first kappa shape index (κ1) is 18.2. The van der Waals surface area contributed by atoms with Gasteiger partial charge in [-0.05, 0) is 31.2 Å². The minimum absolute atomic E-state index is 0.0458. The number of hydrogen-bond acceptors (Lipinski definition) is 3. The Kier molecular flexibility index (Phi) is 5.97. The molecule has 2 aliphatic rings. The Bertz CT molecular complexity index is 565. The Morgan fingerprint density at radius 3 is 2.84 bits per heavy atom. The van der Waals surface area contributed by atoms with Gasteiger partial charge < -0.3 is 20.5 Å². The fourth-order valence-corrected chi connectivity index (χ4v) is 4.16. The highest BCUT2D eigenvalue weighted by Gasteiger charge is 2.39. The predicted octanol–water partition coefficient (Wildman–Crippen LogP) is 3.00. The lowest BCUT2D eigenvalue weighted by molar-refractivity contribution is -0.0269. The summed E-state index contributed by atoms with van der Waals surface area (Å²) in [6, 6.07) is 10.2. The van der Waals surface area contributed by atoms with Crippen molar-refractivity contribution in [3.8, 4) is 0 Å². The monoisotopic (exact) mass is 346 g/mol. The lowest BCUT2D eigenvalue weighted by Gasteiger charge is -2.33. The summed E-state index contributed by atoms with van der Waals surface area (Å²) >= 11 is 0. The van der Waals surface area contributed by atoms with Gasteiger partial charge in [-0.1, -0.05) is 43.7 Å². The van der Waals surface area contributed by atoms with Crippen LogP contribution in [0.25, 0.3) is 0 Å². The first-order valence-corrected chi connectivity index (χ1v) is 9.44. The second-order valence-electron chi connectivity index (χ2n) is 7.72. The maximum absolute atomic E-state index is 12.3. The van der Waals surface area contributed by atoms with Crippen LogP contribution in [0.15, 0.2) is 30.3 Å². The Labute approximate surface area is 150 Å². The number of rotatable bonds is 5. The minimum Gasteiger partial charge on any atom is -0.396 e. The summed E-state index contributed by atoms with van der Waals surface area (Å²) in [4.78, 5) is 12.3. The summed E-state index contributed by atoms with van der Waals surface area (Å²) in [5.74, 6) is 0.287. The molecule has 25 heavy (non-hydrogen) atoms. The van der Waals surface area contributed by atoms with E-state index in [0.717, 1.165) is 38.7 Å². The quantitative estimate of drug-likeness (QED) is 0.767. The van der Waals surface area contributed by atoms with Gasteiger partial charge in [0.2, 0.25) is 0 Å². The molecule has 5 heteroatoms. The van der Waals surface area contributed by atoms with Gasteiger partial charge in [-0.25, -0.2) is 4.79 Å². The first-order valence-electron chi connectivity index (χ1n) is 9.44. The van der Waals surface area contributed by atoms with E-state index in [1.807, 2.05) is 25.1 Å². The van der Waals surface area contributed by atoms with Crippen LogP contribution in [-0.2, 0) is 4.74 Å². The van der Waals surface area contributed by atoms with E-state index in [1.165, 1.54) is 5.56 Å². The Morgan fingerprint density at radius 1 is 1.28 bits per heavy atom. The number of carbonyl (C=O) groups excluding carboxylic acids is 1. The normalized spacial score (nSPS) is 32.3. The highest BCUT2D eigenvalue weighted by molar-refractivity contribution is 5.74. The van der Waals surface area contributed by atoms with Crippen molar-refractivity contribution in [3.63, 3.8) is 0 Å². The van der Waals surface area contributed by atoms with E-state index >= 15 is 0 Å². The molecule has 138 valence electrons. The molecule has 1 aliphatic carbocycles. The number of amides is 2. The average Bonchev–Trinajstić information content (AvgIpc) is 3.02. The number of hydrogen-bond donors (Lipinski definition) is 3. The SMILES string of the molecule is CC1(CO)CCCC1NC(=O)NCC1CCCOC1c1ccccc1. The zero-order valence-corrected chi connectivity index (χ0v) is 15.0. The second kappa shape index (κ2) is 8.19. The van der Waals surface area contributed by atoms with E-state index in [9.17, 15) is 9.90 Å². The third-order valence-corrected chi connectivity index (χ3v) is 5.85. The first-order chi connectivity index (χ1) is 12.1. The predicted molar refractivity (Wildman–Crippen MR) is 97.2 cm³/mol. The van der Waals surface area contributed by atoms with Gasteiger partial charge in [-0.15, -0.1) is 0 Å². The van der Waals surface area contributed by atoms with Crippen molar-refractivity contribution in [2.24, 2.45) is 11.3 Å². The molecule has 0 aromatic heterocycles. The number of carbonyl (C=O) groups is 1. The van der Waals surface area contributed by atoms with Crippen molar-refractivity contribution in [3.05, 3.63) is 35.9 Å². The summed E-state index contributed by atoms with van der Waals surface area (Å²) in [6.45, 7) is 3.54. The molecule has 3 N–H and O–H groups in total. The molecular formula is C20H30N2O3. The van der Waals surface area contributed by atoms with E-state index in [1.54, 1.807) is 0 Å². The summed E-state index contributed by atoms with van der Waals surface area (Å²) in [5.41, 5.74) is 0.982. The molecule has 1 aromatic carbocycles. The van der Waals surface area contributed by atoms with Gasteiger partial charge in [0.25, 0.3) is 0 Å². The van der Waals surface area contributed by atoms with E-state index in [0.29, 0.717) is 6.54 Å². The van der Waals surface area contributed by atoms with Crippen LogP contribution in [0.1, 0.15) is 50.7 Å². The highest BCUT2D eigenvalue weighted by atomic mass is 16.5. The fourth-order valence-electron chi connectivity index (χ4n) is 4.16. The molecule has 0 spiro atoms. The van der Waals surface area contributed by atoms with Crippen LogP contribution in [0.4, 0.5) is 4.79 Å². The zero-order valence-electron chi connectivity index (χ0n) is 15.0. The van der Waals surface area contributed by atoms with Crippen molar-refractivity contribution in [2.45, 2.75) is 51.2 Å². The molecule has 1 aliphatic heterocycles. The smallest absolute Gasteiger partial charge is 0.315 e. The van der Waals surface area contributed by atoms with Gasteiger partial charge in [0.15, 0.2) is 0 Å². The van der Waals surface area contributed by atoms with Crippen molar-refractivity contribution in [1.29, 1.82) is 0 Å². The van der Waals surface area contributed by atoms with Gasteiger partial charge in [-0.3, -0.25) is 0 Å². The van der Waals surface area contributed by atoms with Crippen molar-refractivity contribution in [1.82, 2.24) is 10.6 Å². The number of benzene rings is 1. The van der Waals surface area contributed by atoms with Crippen LogP contribution >= 0.6 is 0 Å². The Morgan fingerprint density at radius 2 is 2.08 bits per heavy atom. The highest BCUT2D eigenvalue weighted by Crippen LogP contribution is 2.37. The number of nitrogens with one attached hydrogen (secondary N) is 2. The third kappa shape index (κ3) is 4.33. The van der Waals surface area contributed by atoms with Crippen LogP contribution < -0.4 is 10.6 Å². The third-order valence-electron chi connectivity index (χ3n) is 5.85. The molecule has 4 atom stereocenters. The fraction of sp³-hybridized carbons (Fsp3) is 0.650. The molecule has 5 nitrogen and oxygen atoms in total. The summed E-state index contributed by atoms with van der Waals surface area (Å²) in [5, 5.41) is 15.7. The van der Waals surface area contributed by atoms with E-state index < -0.39 is 0 Å². The van der Waals surface area contributed by atoms with E-state index in [-0.39, 0.29) is 36.1 Å². The standard InChI is InChI=1S/C20H30N2O3/c1-20(14-23)11-5-10-17(20)22-19(24)21-13-16-9-6-12-25-18(16)15-7-3-2-4-8-15/h2-4,7-8,16-18,23H,5-6,9-14H2,1H3,(H2,21,22,24). The van der Waals surface area contributed by atoms with Crippen LogP contribution in [0.2, 0.25) is 0 Å². The maximum atomic E-state index is 12.3. The number of aliphatic hydroxyl groups excluding tert-OH is 1. The number of ether oxygens (including phenoxy) is 1. The average molecular weight is 346 g/mol. The molecule has 2 fully saturated rings. The van der Waals surface area contributed by atoms with Gasteiger partial charge >= 0.3 is 6.03 Å². The number of aliphatic hydroxyl groups is 1. The molecule has 0 bridgehead atoms. The van der Waals surface area contributed by atoms with Crippen molar-refractivity contribution in [2.75, 3.05) is 19.8 Å². The minimum atomic E-state index is -0.197. The van der Waals surface area contributed by atoms with Gasteiger partial charge in [0, 0.05) is 30.5 Å².